The zero-order valence-corrected chi connectivity index (χ0v) is 23.2. The topological polar surface area (TPSA) is 103 Å². The lowest BCUT2D eigenvalue weighted by Gasteiger charge is -2.15. The Bertz CT molecular complexity index is 1370. The molecule has 0 aromatic heterocycles. The van der Waals surface area contributed by atoms with Gasteiger partial charge in [-0.3, -0.25) is 14.9 Å². The molecule has 1 saturated heterocycles. The van der Waals surface area contributed by atoms with E-state index in [2.05, 4.69) is 39.8 Å². The Hall–Kier alpha value is -3.38. The quantitative estimate of drug-likeness (QED) is 0.123. The number of non-ortho nitro benzene ring substituents is 1. The minimum atomic E-state index is -0.435. The van der Waals surface area contributed by atoms with Crippen molar-refractivity contribution in [2.24, 2.45) is 4.99 Å². The van der Waals surface area contributed by atoms with Crippen LogP contribution in [-0.2, 0) is 17.8 Å². The predicted octanol–water partition coefficient (Wildman–Crippen LogP) is 6.63. The normalized spacial score (nSPS) is 15.2. The maximum Gasteiger partial charge on any atom is 0.269 e. The van der Waals surface area contributed by atoms with Gasteiger partial charge in [-0.2, -0.15) is 0 Å². The SMILES string of the molecule is CCOc1cc(/C=C2\SC(=Nc3ccc(CC)cc3)NC2=O)cc(I)c1OCc1ccc([N+](=O)[O-])cc1. The number of carbonyl (C=O) groups is 1. The average molecular weight is 629 g/mol. The first-order valence-electron chi connectivity index (χ1n) is 11.6. The highest BCUT2D eigenvalue weighted by atomic mass is 127. The van der Waals surface area contributed by atoms with E-state index in [-0.39, 0.29) is 18.2 Å². The molecule has 0 saturated carbocycles. The number of nitrogens with one attached hydrogen (secondary N) is 1. The number of nitro benzene ring substituents is 1. The van der Waals surface area contributed by atoms with Gasteiger partial charge in [-0.05, 0) is 107 Å². The average Bonchev–Trinajstić information content (AvgIpc) is 3.22. The summed E-state index contributed by atoms with van der Waals surface area (Å²) in [5.74, 6) is 0.918. The van der Waals surface area contributed by atoms with Crippen molar-refractivity contribution in [3.8, 4) is 11.5 Å². The van der Waals surface area contributed by atoms with Crippen LogP contribution in [-0.4, -0.2) is 22.6 Å². The van der Waals surface area contributed by atoms with Crippen LogP contribution in [0.5, 0.6) is 11.5 Å². The molecular weight excluding hydrogens is 605 g/mol. The largest absolute Gasteiger partial charge is 0.490 e. The zero-order chi connectivity index (χ0) is 26.4. The lowest BCUT2D eigenvalue weighted by Crippen LogP contribution is -2.19. The van der Waals surface area contributed by atoms with E-state index < -0.39 is 4.92 Å². The maximum atomic E-state index is 12.6. The number of nitrogens with zero attached hydrogens (tertiary/aromatic N) is 2. The molecule has 0 aliphatic carbocycles. The molecule has 3 aromatic rings. The molecule has 1 aliphatic rings. The van der Waals surface area contributed by atoms with Gasteiger partial charge in [-0.25, -0.2) is 4.99 Å². The van der Waals surface area contributed by atoms with Gasteiger partial charge in [0.15, 0.2) is 16.7 Å². The number of rotatable bonds is 9. The fourth-order valence-electron chi connectivity index (χ4n) is 3.50. The Labute approximate surface area is 232 Å². The van der Waals surface area contributed by atoms with Crippen LogP contribution in [0.15, 0.2) is 70.6 Å². The molecule has 1 aliphatic heterocycles. The van der Waals surface area contributed by atoms with Crippen molar-refractivity contribution < 1.29 is 19.2 Å². The minimum absolute atomic E-state index is 0.0298. The fourth-order valence-corrected chi connectivity index (χ4v) is 5.12. The van der Waals surface area contributed by atoms with E-state index in [0.29, 0.717) is 28.2 Å². The number of hydrogen-bond acceptors (Lipinski definition) is 7. The Balaban J connectivity index is 1.52. The lowest BCUT2D eigenvalue weighted by atomic mass is 10.1. The number of carbonyl (C=O) groups excluding carboxylic acids is 1. The zero-order valence-electron chi connectivity index (χ0n) is 20.2. The molecule has 8 nitrogen and oxygen atoms in total. The lowest BCUT2D eigenvalue weighted by molar-refractivity contribution is -0.384. The third-order valence-corrected chi connectivity index (χ3v) is 7.10. The van der Waals surface area contributed by atoms with Crippen molar-refractivity contribution in [1.29, 1.82) is 0 Å². The molecule has 1 heterocycles. The van der Waals surface area contributed by atoms with E-state index in [1.165, 1.54) is 29.5 Å². The Morgan fingerprint density at radius 3 is 2.41 bits per heavy atom. The first-order chi connectivity index (χ1) is 17.9. The number of benzene rings is 3. The van der Waals surface area contributed by atoms with Crippen LogP contribution >= 0.6 is 34.4 Å². The van der Waals surface area contributed by atoms with Crippen molar-refractivity contribution >= 4 is 62.9 Å². The van der Waals surface area contributed by atoms with Crippen molar-refractivity contribution in [1.82, 2.24) is 5.32 Å². The molecule has 0 bridgehead atoms. The molecular formula is C27H24IN3O5S. The number of ether oxygens (including phenoxy) is 2. The van der Waals surface area contributed by atoms with Crippen LogP contribution in [0, 0.1) is 13.7 Å². The summed E-state index contributed by atoms with van der Waals surface area (Å²) in [5, 5.41) is 14.2. The van der Waals surface area contributed by atoms with Gasteiger partial charge in [0.05, 0.1) is 25.7 Å². The highest BCUT2D eigenvalue weighted by Crippen LogP contribution is 2.37. The van der Waals surface area contributed by atoms with Crippen LogP contribution in [0.1, 0.15) is 30.5 Å². The van der Waals surface area contributed by atoms with Crippen LogP contribution in [0.2, 0.25) is 0 Å². The highest BCUT2D eigenvalue weighted by Gasteiger charge is 2.24. The minimum Gasteiger partial charge on any atom is -0.490 e. The van der Waals surface area contributed by atoms with Gasteiger partial charge in [0.2, 0.25) is 0 Å². The summed E-state index contributed by atoms with van der Waals surface area (Å²) >= 11 is 3.46. The summed E-state index contributed by atoms with van der Waals surface area (Å²) in [5.41, 5.74) is 3.63. The summed E-state index contributed by atoms with van der Waals surface area (Å²) in [4.78, 5) is 28.1. The second kappa shape index (κ2) is 12.2. The number of amides is 1. The third-order valence-electron chi connectivity index (χ3n) is 5.39. The van der Waals surface area contributed by atoms with Crippen LogP contribution in [0.4, 0.5) is 11.4 Å². The maximum absolute atomic E-state index is 12.6. The van der Waals surface area contributed by atoms with Gasteiger partial charge >= 0.3 is 0 Å². The van der Waals surface area contributed by atoms with Gasteiger partial charge in [0, 0.05) is 12.1 Å². The molecule has 0 radical (unpaired) electrons. The number of hydrogen-bond donors (Lipinski definition) is 1. The van der Waals surface area contributed by atoms with Gasteiger partial charge in [-0.15, -0.1) is 0 Å². The number of nitro groups is 1. The Morgan fingerprint density at radius 1 is 1.05 bits per heavy atom. The van der Waals surface area contributed by atoms with E-state index in [1.54, 1.807) is 18.2 Å². The van der Waals surface area contributed by atoms with Gasteiger partial charge < -0.3 is 14.8 Å². The summed E-state index contributed by atoms with van der Waals surface area (Å²) < 4.78 is 12.7. The van der Waals surface area contributed by atoms with Crippen molar-refractivity contribution in [3.05, 3.63) is 95.9 Å². The molecule has 1 amide bonds. The summed E-state index contributed by atoms with van der Waals surface area (Å²) in [6.45, 7) is 4.65. The van der Waals surface area contributed by atoms with E-state index >= 15 is 0 Å². The molecule has 4 rings (SSSR count). The van der Waals surface area contributed by atoms with E-state index in [9.17, 15) is 14.9 Å². The van der Waals surface area contributed by atoms with Crippen LogP contribution in [0.3, 0.4) is 0 Å². The number of aliphatic imine (C=N–C) groups is 1. The van der Waals surface area contributed by atoms with Crippen molar-refractivity contribution in [2.75, 3.05) is 6.61 Å². The van der Waals surface area contributed by atoms with E-state index in [4.69, 9.17) is 9.47 Å². The smallest absolute Gasteiger partial charge is 0.269 e. The molecule has 37 heavy (non-hydrogen) atoms. The molecule has 1 fully saturated rings. The van der Waals surface area contributed by atoms with Crippen molar-refractivity contribution in [2.45, 2.75) is 26.9 Å². The summed E-state index contributed by atoms with van der Waals surface area (Å²) in [7, 11) is 0. The van der Waals surface area contributed by atoms with Gasteiger partial charge in [0.1, 0.15) is 6.61 Å². The Kier molecular flexibility index (Phi) is 8.82. The molecule has 3 aromatic carbocycles. The molecule has 1 N–H and O–H groups in total. The monoisotopic (exact) mass is 629 g/mol. The molecule has 0 atom stereocenters. The number of aryl methyl sites for hydroxylation is 1. The van der Waals surface area contributed by atoms with E-state index in [0.717, 1.165) is 26.8 Å². The first kappa shape index (κ1) is 26.7. The highest BCUT2D eigenvalue weighted by molar-refractivity contribution is 14.1. The van der Waals surface area contributed by atoms with Gasteiger partial charge in [0.25, 0.3) is 11.6 Å². The summed E-state index contributed by atoms with van der Waals surface area (Å²) in [6, 6.07) is 17.9. The first-order valence-corrected chi connectivity index (χ1v) is 13.5. The second-order valence-corrected chi connectivity index (χ2v) is 10.2. The van der Waals surface area contributed by atoms with Crippen molar-refractivity contribution in [3.63, 3.8) is 0 Å². The molecule has 0 unspecified atom stereocenters. The second-order valence-electron chi connectivity index (χ2n) is 7.98. The number of thioether (sulfide) groups is 1. The summed E-state index contributed by atoms with van der Waals surface area (Å²) in [6.07, 6.45) is 2.76. The van der Waals surface area contributed by atoms with Crippen LogP contribution in [0.25, 0.3) is 6.08 Å². The fraction of sp³-hybridized carbons (Fsp3) is 0.185. The van der Waals surface area contributed by atoms with Gasteiger partial charge in [-0.1, -0.05) is 19.1 Å². The predicted molar refractivity (Wildman–Crippen MR) is 154 cm³/mol. The molecule has 0 spiro atoms. The molecule has 190 valence electrons. The standard InChI is InChI=1S/C27H24IN3O5S/c1-3-17-5-9-20(10-6-17)29-27-30-26(32)24(37-27)15-19-13-22(28)25(23(14-19)35-4-2)36-16-18-7-11-21(12-8-18)31(33)34/h5-15H,3-4,16H2,1-2H3,(H,29,30,32)/b24-15-. The number of halogens is 1. The number of amidine groups is 1. The molecule has 10 heteroatoms. The third kappa shape index (κ3) is 6.89. The van der Waals surface area contributed by atoms with E-state index in [1.807, 2.05) is 43.3 Å². The Morgan fingerprint density at radius 2 is 1.76 bits per heavy atom. The van der Waals surface area contributed by atoms with Crippen LogP contribution < -0.4 is 14.8 Å².